The maximum absolute atomic E-state index is 11.8. The summed E-state index contributed by atoms with van der Waals surface area (Å²) in [6.07, 6.45) is 7.20. The highest BCUT2D eigenvalue weighted by Crippen LogP contribution is 2.18. The minimum absolute atomic E-state index is 0.334. The monoisotopic (exact) mass is 258 g/mol. The van der Waals surface area contributed by atoms with Gasteiger partial charge in [-0.15, -0.1) is 0 Å². The molecule has 1 aliphatic carbocycles. The van der Waals surface area contributed by atoms with E-state index in [2.05, 4.69) is 12.2 Å². The second-order valence-electron chi connectivity index (χ2n) is 4.94. The first kappa shape index (κ1) is 13.5. The van der Waals surface area contributed by atoms with E-state index in [1.165, 1.54) is 0 Å². The van der Waals surface area contributed by atoms with E-state index in [0.29, 0.717) is 18.1 Å². The molecule has 2 rings (SSSR count). The van der Waals surface area contributed by atoms with E-state index in [0.717, 1.165) is 24.8 Å². The first-order valence-electron chi connectivity index (χ1n) is 6.60. The fraction of sp³-hybridized carbons (Fsp3) is 0.375. The SMILES string of the molecule is Cc1ccc(C(=O)C(=O)OCC2CC=CCC2)cc1. The Morgan fingerprint density at radius 3 is 2.58 bits per heavy atom. The van der Waals surface area contributed by atoms with Crippen LogP contribution in [0.1, 0.15) is 35.2 Å². The molecule has 0 radical (unpaired) electrons. The van der Waals surface area contributed by atoms with Crippen molar-refractivity contribution in [3.8, 4) is 0 Å². The molecule has 0 amide bonds. The second-order valence-corrected chi connectivity index (χ2v) is 4.94. The van der Waals surface area contributed by atoms with Crippen LogP contribution in [0.4, 0.5) is 0 Å². The summed E-state index contributed by atoms with van der Waals surface area (Å²) in [5.74, 6) is -0.968. The molecule has 1 atom stereocenters. The van der Waals surface area contributed by atoms with Gasteiger partial charge in [-0.1, -0.05) is 42.0 Å². The number of ketones is 1. The number of esters is 1. The predicted octanol–water partition coefficient (Wildman–Crippen LogP) is 3.08. The van der Waals surface area contributed by atoms with E-state index in [9.17, 15) is 9.59 Å². The second kappa shape index (κ2) is 6.32. The predicted molar refractivity (Wildman–Crippen MR) is 72.9 cm³/mol. The van der Waals surface area contributed by atoms with Gasteiger partial charge in [0.25, 0.3) is 5.78 Å². The van der Waals surface area contributed by atoms with Crippen molar-refractivity contribution in [2.45, 2.75) is 26.2 Å². The number of hydrogen-bond donors (Lipinski definition) is 0. The van der Waals surface area contributed by atoms with E-state index in [1.807, 2.05) is 19.1 Å². The smallest absolute Gasteiger partial charge is 0.379 e. The Morgan fingerprint density at radius 1 is 1.21 bits per heavy atom. The number of rotatable bonds is 4. The fourth-order valence-corrected chi connectivity index (χ4v) is 2.09. The minimum atomic E-state index is -0.751. The quantitative estimate of drug-likeness (QED) is 0.361. The van der Waals surface area contributed by atoms with Crippen LogP contribution in [0.2, 0.25) is 0 Å². The summed E-state index contributed by atoms with van der Waals surface area (Å²) < 4.78 is 5.11. The zero-order valence-corrected chi connectivity index (χ0v) is 11.1. The maximum Gasteiger partial charge on any atom is 0.379 e. The summed E-state index contributed by atoms with van der Waals surface area (Å²) in [5.41, 5.74) is 1.44. The van der Waals surface area contributed by atoms with Crippen LogP contribution >= 0.6 is 0 Å². The minimum Gasteiger partial charge on any atom is -0.459 e. The number of benzene rings is 1. The molecule has 1 aliphatic rings. The van der Waals surface area contributed by atoms with Crippen molar-refractivity contribution < 1.29 is 14.3 Å². The van der Waals surface area contributed by atoms with E-state index < -0.39 is 11.8 Å². The average molecular weight is 258 g/mol. The van der Waals surface area contributed by atoms with Gasteiger partial charge in [0.05, 0.1) is 6.61 Å². The van der Waals surface area contributed by atoms with Crippen LogP contribution in [0.15, 0.2) is 36.4 Å². The van der Waals surface area contributed by atoms with Crippen molar-refractivity contribution in [1.82, 2.24) is 0 Å². The molecule has 1 aromatic rings. The average Bonchev–Trinajstić information content (AvgIpc) is 2.46. The van der Waals surface area contributed by atoms with Crippen molar-refractivity contribution >= 4 is 11.8 Å². The van der Waals surface area contributed by atoms with Crippen molar-refractivity contribution in [1.29, 1.82) is 0 Å². The zero-order valence-electron chi connectivity index (χ0n) is 11.1. The third kappa shape index (κ3) is 3.78. The molecule has 0 aliphatic heterocycles. The molecule has 19 heavy (non-hydrogen) atoms. The molecule has 0 saturated carbocycles. The molecule has 0 bridgehead atoms. The molecule has 3 nitrogen and oxygen atoms in total. The van der Waals surface area contributed by atoms with Crippen molar-refractivity contribution in [3.05, 3.63) is 47.5 Å². The van der Waals surface area contributed by atoms with E-state index >= 15 is 0 Å². The number of aryl methyl sites for hydroxylation is 1. The van der Waals surface area contributed by atoms with Gasteiger partial charge in [-0.25, -0.2) is 4.79 Å². The maximum atomic E-state index is 11.8. The molecule has 0 fully saturated rings. The summed E-state index contributed by atoms with van der Waals surface area (Å²) in [6.45, 7) is 2.27. The Bertz CT molecular complexity index is 485. The number of Topliss-reactive ketones (excluding diaryl/α,β-unsaturated/α-hetero) is 1. The van der Waals surface area contributed by atoms with Gasteiger partial charge in [0.15, 0.2) is 0 Å². The van der Waals surface area contributed by atoms with E-state index in [-0.39, 0.29) is 0 Å². The number of carbonyl (C=O) groups is 2. The lowest BCUT2D eigenvalue weighted by atomic mass is 9.95. The van der Waals surface area contributed by atoms with Gasteiger partial charge in [-0.05, 0) is 32.1 Å². The number of hydrogen-bond acceptors (Lipinski definition) is 3. The summed E-state index contributed by atoms with van der Waals surface area (Å²) in [4.78, 5) is 23.5. The standard InChI is InChI=1S/C16H18O3/c1-12-7-9-14(10-8-12)15(17)16(18)19-11-13-5-3-2-4-6-13/h2-3,7-10,13H,4-6,11H2,1H3. The van der Waals surface area contributed by atoms with Gasteiger partial charge in [0, 0.05) is 5.56 Å². The third-order valence-electron chi connectivity index (χ3n) is 3.33. The summed E-state index contributed by atoms with van der Waals surface area (Å²) >= 11 is 0. The molecule has 0 heterocycles. The molecule has 0 spiro atoms. The Balaban J connectivity index is 1.87. The Hall–Kier alpha value is -1.90. The Morgan fingerprint density at radius 2 is 1.95 bits per heavy atom. The summed E-state index contributed by atoms with van der Waals surface area (Å²) in [7, 11) is 0. The highest BCUT2D eigenvalue weighted by atomic mass is 16.5. The zero-order chi connectivity index (χ0) is 13.7. The normalized spacial score (nSPS) is 18.1. The van der Waals surface area contributed by atoms with Crippen molar-refractivity contribution in [2.24, 2.45) is 5.92 Å². The van der Waals surface area contributed by atoms with Gasteiger partial charge < -0.3 is 4.74 Å². The number of allylic oxidation sites excluding steroid dienone is 2. The highest BCUT2D eigenvalue weighted by molar-refractivity contribution is 6.40. The largest absolute Gasteiger partial charge is 0.459 e. The van der Waals surface area contributed by atoms with Crippen LogP contribution in [0, 0.1) is 12.8 Å². The molecule has 0 N–H and O–H groups in total. The first-order chi connectivity index (χ1) is 9.16. The third-order valence-corrected chi connectivity index (χ3v) is 3.33. The van der Waals surface area contributed by atoms with Crippen molar-refractivity contribution in [3.63, 3.8) is 0 Å². The van der Waals surface area contributed by atoms with Gasteiger partial charge in [0.1, 0.15) is 0 Å². The van der Waals surface area contributed by atoms with E-state index in [1.54, 1.807) is 12.1 Å². The van der Waals surface area contributed by atoms with E-state index in [4.69, 9.17) is 4.74 Å². The first-order valence-corrected chi connectivity index (χ1v) is 6.60. The lowest BCUT2D eigenvalue weighted by molar-refractivity contribution is -0.139. The van der Waals surface area contributed by atoms with Crippen LogP contribution in [0.3, 0.4) is 0 Å². The summed E-state index contributed by atoms with van der Waals surface area (Å²) in [5, 5.41) is 0. The molecule has 0 aromatic heterocycles. The van der Waals surface area contributed by atoms with Crippen LogP contribution < -0.4 is 0 Å². The van der Waals surface area contributed by atoms with Gasteiger partial charge >= 0.3 is 5.97 Å². The molecule has 1 unspecified atom stereocenters. The molecular formula is C16H18O3. The lowest BCUT2D eigenvalue weighted by Crippen LogP contribution is -2.21. The van der Waals surface area contributed by atoms with Crippen LogP contribution in [0.5, 0.6) is 0 Å². The molecule has 0 saturated heterocycles. The lowest BCUT2D eigenvalue weighted by Gasteiger charge is -2.17. The Kier molecular flexibility index (Phi) is 4.50. The highest BCUT2D eigenvalue weighted by Gasteiger charge is 2.19. The molecular weight excluding hydrogens is 240 g/mol. The molecule has 100 valence electrons. The van der Waals surface area contributed by atoms with Crippen molar-refractivity contribution in [2.75, 3.05) is 6.61 Å². The van der Waals surface area contributed by atoms with Gasteiger partial charge in [-0.3, -0.25) is 4.79 Å². The van der Waals surface area contributed by atoms with Gasteiger partial charge in [0.2, 0.25) is 0 Å². The fourth-order valence-electron chi connectivity index (χ4n) is 2.09. The van der Waals surface area contributed by atoms with Gasteiger partial charge in [-0.2, -0.15) is 0 Å². The molecule has 3 heteroatoms. The number of ether oxygens (including phenoxy) is 1. The molecule has 1 aromatic carbocycles. The van der Waals surface area contributed by atoms with Crippen LogP contribution in [0.25, 0.3) is 0 Å². The van der Waals surface area contributed by atoms with Crippen LogP contribution in [-0.4, -0.2) is 18.4 Å². The number of carbonyl (C=O) groups excluding carboxylic acids is 2. The summed E-state index contributed by atoms with van der Waals surface area (Å²) in [6, 6.07) is 6.93. The van der Waals surface area contributed by atoms with Crippen LogP contribution in [-0.2, 0) is 9.53 Å². The topological polar surface area (TPSA) is 43.4 Å². The Labute approximate surface area is 113 Å².